The number of methoxy groups -OCH3 is 1. The molecule has 0 unspecified atom stereocenters. The van der Waals surface area contributed by atoms with Gasteiger partial charge in [0.15, 0.2) is 6.04 Å². The molecule has 0 aliphatic heterocycles. The van der Waals surface area contributed by atoms with Crippen molar-refractivity contribution < 1.29 is 19.4 Å². The van der Waals surface area contributed by atoms with Crippen LogP contribution >= 0.6 is 0 Å². The number of carbonyl (C=O) groups is 2. The van der Waals surface area contributed by atoms with Gasteiger partial charge in [-0.3, -0.25) is 4.79 Å². The normalized spacial score (nSPS) is 11.5. The van der Waals surface area contributed by atoms with Crippen molar-refractivity contribution in [2.45, 2.75) is 6.04 Å². The first-order valence-corrected chi connectivity index (χ1v) is 6.21. The number of amides is 1. The number of aliphatic carboxylic acids is 1. The van der Waals surface area contributed by atoms with Gasteiger partial charge in [0.2, 0.25) is 5.88 Å². The molecule has 0 aliphatic rings. The molecule has 0 saturated carbocycles. The van der Waals surface area contributed by atoms with Crippen LogP contribution < -0.4 is 10.1 Å². The number of pyridine rings is 1. The lowest BCUT2D eigenvalue weighted by atomic mass is 10.1. The quantitative estimate of drug-likeness (QED) is 0.872. The zero-order chi connectivity index (χ0) is 15.2. The maximum absolute atomic E-state index is 12.2. The van der Waals surface area contributed by atoms with Crippen LogP contribution in [0, 0.1) is 0 Å². The summed E-state index contributed by atoms with van der Waals surface area (Å²) < 4.78 is 4.99. The molecule has 1 aromatic carbocycles. The second-order valence-corrected chi connectivity index (χ2v) is 4.22. The number of benzene rings is 1. The van der Waals surface area contributed by atoms with E-state index in [1.807, 2.05) is 0 Å². The summed E-state index contributed by atoms with van der Waals surface area (Å²) in [5.74, 6) is -1.55. The number of carboxylic acid groups (broad SMARTS) is 1. The SMILES string of the molecule is COc1ncccc1C(=O)N[C@@H](C(=O)O)c1ccccc1. The van der Waals surface area contributed by atoms with Gasteiger partial charge in [-0.25, -0.2) is 9.78 Å². The minimum atomic E-state index is -1.14. The predicted octanol–water partition coefficient (Wildman–Crippen LogP) is 1.65. The van der Waals surface area contributed by atoms with Gasteiger partial charge in [-0.1, -0.05) is 30.3 Å². The Hall–Kier alpha value is -2.89. The van der Waals surface area contributed by atoms with E-state index in [9.17, 15) is 14.7 Å². The summed E-state index contributed by atoms with van der Waals surface area (Å²) in [5.41, 5.74) is 0.670. The highest BCUT2D eigenvalue weighted by molar-refractivity contribution is 5.98. The Balaban J connectivity index is 2.25. The van der Waals surface area contributed by atoms with Crippen LogP contribution in [-0.2, 0) is 4.79 Å². The van der Waals surface area contributed by atoms with E-state index in [-0.39, 0.29) is 11.4 Å². The van der Waals surface area contributed by atoms with E-state index < -0.39 is 17.9 Å². The Labute approximate surface area is 121 Å². The number of hydrogen-bond donors (Lipinski definition) is 2. The van der Waals surface area contributed by atoms with E-state index >= 15 is 0 Å². The molecule has 108 valence electrons. The van der Waals surface area contributed by atoms with Crippen LogP contribution in [0.5, 0.6) is 5.88 Å². The van der Waals surface area contributed by atoms with Crippen molar-refractivity contribution in [2.75, 3.05) is 7.11 Å². The van der Waals surface area contributed by atoms with Crippen LogP contribution in [0.4, 0.5) is 0 Å². The number of rotatable bonds is 5. The van der Waals surface area contributed by atoms with Gasteiger partial charge in [0.1, 0.15) is 5.56 Å². The van der Waals surface area contributed by atoms with Crippen LogP contribution in [0.1, 0.15) is 22.0 Å². The standard InChI is InChI=1S/C15H14N2O4/c1-21-14-11(8-5-9-16-14)13(18)17-12(15(19)20)10-6-3-2-4-7-10/h2-9,12H,1H3,(H,17,18)(H,19,20)/t12-/m1/s1. The summed E-state index contributed by atoms with van der Waals surface area (Å²) in [6.45, 7) is 0. The molecule has 0 radical (unpaired) electrons. The molecule has 1 aromatic heterocycles. The Morgan fingerprint density at radius 1 is 1.19 bits per heavy atom. The number of ether oxygens (including phenoxy) is 1. The molecule has 0 bridgehead atoms. The second kappa shape index (κ2) is 6.51. The number of nitrogens with one attached hydrogen (secondary N) is 1. The van der Waals surface area contributed by atoms with Gasteiger partial charge < -0.3 is 15.2 Å². The summed E-state index contributed by atoms with van der Waals surface area (Å²) in [6.07, 6.45) is 1.49. The highest BCUT2D eigenvalue weighted by Crippen LogP contribution is 2.17. The van der Waals surface area contributed by atoms with Crippen LogP contribution in [0.15, 0.2) is 48.7 Å². The van der Waals surface area contributed by atoms with E-state index in [0.29, 0.717) is 5.56 Å². The summed E-state index contributed by atoms with van der Waals surface area (Å²) >= 11 is 0. The van der Waals surface area contributed by atoms with Crippen molar-refractivity contribution in [3.05, 3.63) is 59.8 Å². The van der Waals surface area contributed by atoms with Gasteiger partial charge >= 0.3 is 5.97 Å². The Bertz CT molecular complexity index is 643. The fourth-order valence-electron chi connectivity index (χ4n) is 1.87. The van der Waals surface area contributed by atoms with Crippen LogP contribution in [0.25, 0.3) is 0 Å². The van der Waals surface area contributed by atoms with Crippen LogP contribution in [0.2, 0.25) is 0 Å². The number of nitrogens with zero attached hydrogens (tertiary/aromatic N) is 1. The summed E-state index contributed by atoms with van der Waals surface area (Å²) in [6, 6.07) is 10.4. The molecule has 2 rings (SSSR count). The van der Waals surface area contributed by atoms with E-state index in [4.69, 9.17) is 4.74 Å². The monoisotopic (exact) mass is 286 g/mol. The van der Waals surface area contributed by atoms with Gasteiger partial charge in [-0.05, 0) is 17.7 Å². The Morgan fingerprint density at radius 3 is 2.52 bits per heavy atom. The molecule has 2 aromatic rings. The molecular weight excluding hydrogens is 272 g/mol. The van der Waals surface area contributed by atoms with Crippen molar-refractivity contribution in [2.24, 2.45) is 0 Å². The van der Waals surface area contributed by atoms with Crippen molar-refractivity contribution >= 4 is 11.9 Å². The highest BCUT2D eigenvalue weighted by Gasteiger charge is 2.24. The van der Waals surface area contributed by atoms with Crippen molar-refractivity contribution in [3.63, 3.8) is 0 Å². The summed E-state index contributed by atoms with van der Waals surface area (Å²) in [7, 11) is 1.39. The molecule has 21 heavy (non-hydrogen) atoms. The molecule has 1 amide bonds. The third-order valence-corrected chi connectivity index (χ3v) is 2.86. The van der Waals surface area contributed by atoms with Crippen LogP contribution in [-0.4, -0.2) is 29.1 Å². The molecule has 1 heterocycles. The highest BCUT2D eigenvalue weighted by atomic mass is 16.5. The number of carboxylic acids is 1. The van der Waals surface area contributed by atoms with Gasteiger partial charge in [0, 0.05) is 6.20 Å². The van der Waals surface area contributed by atoms with Crippen LogP contribution in [0.3, 0.4) is 0 Å². The molecule has 0 aliphatic carbocycles. The van der Waals surface area contributed by atoms with E-state index in [1.165, 1.54) is 19.4 Å². The van der Waals surface area contributed by atoms with Gasteiger partial charge in [-0.15, -0.1) is 0 Å². The average Bonchev–Trinajstić information content (AvgIpc) is 2.52. The molecule has 1 atom stereocenters. The maximum Gasteiger partial charge on any atom is 0.330 e. The predicted molar refractivity (Wildman–Crippen MR) is 75.1 cm³/mol. The molecule has 2 N–H and O–H groups in total. The molecular formula is C15H14N2O4. The summed E-state index contributed by atoms with van der Waals surface area (Å²) in [4.78, 5) is 27.5. The minimum Gasteiger partial charge on any atom is -0.480 e. The Kier molecular flexibility index (Phi) is 4.50. The van der Waals surface area contributed by atoms with Gasteiger partial charge in [0.25, 0.3) is 5.91 Å². The average molecular weight is 286 g/mol. The lowest BCUT2D eigenvalue weighted by molar-refractivity contribution is -0.139. The molecule has 0 saturated heterocycles. The third kappa shape index (κ3) is 3.36. The fourth-order valence-corrected chi connectivity index (χ4v) is 1.87. The first-order chi connectivity index (χ1) is 10.1. The van der Waals surface area contributed by atoms with Crippen molar-refractivity contribution in [1.82, 2.24) is 10.3 Å². The third-order valence-electron chi connectivity index (χ3n) is 2.86. The largest absolute Gasteiger partial charge is 0.480 e. The minimum absolute atomic E-state index is 0.146. The Morgan fingerprint density at radius 2 is 1.90 bits per heavy atom. The number of carbonyl (C=O) groups excluding carboxylic acids is 1. The molecule has 6 nitrogen and oxygen atoms in total. The summed E-state index contributed by atoms with van der Waals surface area (Å²) in [5, 5.41) is 11.8. The van der Waals surface area contributed by atoms with E-state index in [2.05, 4.69) is 10.3 Å². The fraction of sp³-hybridized carbons (Fsp3) is 0.133. The van der Waals surface area contributed by atoms with E-state index in [1.54, 1.807) is 36.4 Å². The topological polar surface area (TPSA) is 88.5 Å². The van der Waals surface area contributed by atoms with E-state index in [0.717, 1.165) is 0 Å². The van der Waals surface area contributed by atoms with Gasteiger partial charge in [0.05, 0.1) is 7.11 Å². The smallest absolute Gasteiger partial charge is 0.330 e. The number of hydrogen-bond acceptors (Lipinski definition) is 4. The maximum atomic E-state index is 12.2. The zero-order valence-electron chi connectivity index (χ0n) is 11.3. The lowest BCUT2D eigenvalue weighted by Gasteiger charge is -2.15. The second-order valence-electron chi connectivity index (χ2n) is 4.22. The van der Waals surface area contributed by atoms with Crippen molar-refractivity contribution in [1.29, 1.82) is 0 Å². The first-order valence-electron chi connectivity index (χ1n) is 6.21. The first kappa shape index (κ1) is 14.5. The molecule has 0 fully saturated rings. The zero-order valence-corrected chi connectivity index (χ0v) is 11.3. The van der Waals surface area contributed by atoms with Crippen molar-refractivity contribution in [3.8, 4) is 5.88 Å². The lowest BCUT2D eigenvalue weighted by Crippen LogP contribution is -2.34. The van der Waals surface area contributed by atoms with Gasteiger partial charge in [-0.2, -0.15) is 0 Å². The number of aromatic nitrogens is 1. The molecule has 0 spiro atoms. The molecule has 6 heteroatoms.